The highest BCUT2D eigenvalue weighted by Gasteiger charge is 2.28. The maximum atomic E-state index is 13.9. The van der Waals surface area contributed by atoms with Crippen LogP contribution in [0.2, 0.25) is 5.02 Å². The van der Waals surface area contributed by atoms with E-state index in [-0.39, 0.29) is 22.7 Å². The van der Waals surface area contributed by atoms with E-state index in [1.54, 1.807) is 72.8 Å². The second-order valence-corrected chi connectivity index (χ2v) is 11.9. The smallest absolute Gasteiger partial charge is 0.264 e. The van der Waals surface area contributed by atoms with Gasteiger partial charge < -0.3 is 5.32 Å². The van der Waals surface area contributed by atoms with E-state index in [0.717, 1.165) is 20.3 Å². The van der Waals surface area contributed by atoms with Crippen LogP contribution in [0.25, 0.3) is 0 Å². The number of rotatable bonds is 7. The topological polar surface area (TPSA) is 66.5 Å². The van der Waals surface area contributed by atoms with E-state index in [4.69, 9.17) is 11.6 Å². The first-order chi connectivity index (χ1) is 17.1. The molecule has 8 heteroatoms. The predicted molar refractivity (Wildman–Crippen MR) is 154 cm³/mol. The summed E-state index contributed by atoms with van der Waals surface area (Å²) in [7, 11) is -4.00. The molecule has 0 aliphatic carbocycles. The quantitative estimate of drug-likeness (QED) is 0.220. The van der Waals surface area contributed by atoms with Crippen LogP contribution in [0, 0.1) is 17.4 Å². The maximum Gasteiger partial charge on any atom is 0.264 e. The first-order valence-electron chi connectivity index (χ1n) is 11.2. The Labute approximate surface area is 230 Å². The highest BCUT2D eigenvalue weighted by molar-refractivity contribution is 14.1. The van der Waals surface area contributed by atoms with Crippen LogP contribution in [-0.4, -0.2) is 14.3 Å². The highest BCUT2D eigenvalue weighted by atomic mass is 127. The van der Waals surface area contributed by atoms with Crippen molar-refractivity contribution in [3.8, 4) is 0 Å². The lowest BCUT2D eigenvalue weighted by atomic mass is 10.1. The van der Waals surface area contributed by atoms with Gasteiger partial charge in [-0.05, 0) is 102 Å². The fourth-order valence-electron chi connectivity index (χ4n) is 3.73. The standard InChI is InChI=1S/C28H24ClIN2O3S/c1-19-7-14-24(15-8-19)36(34,35)32(18-21-9-11-22(29)12-10-21)27-6-4-3-5-25(27)28(33)31-26-16-13-23(30)17-20(26)2/h3-17H,18H2,1-2H3,(H,31,33). The number of sulfonamides is 1. The number of nitrogens with zero attached hydrogens (tertiary/aromatic N) is 1. The van der Waals surface area contributed by atoms with Gasteiger partial charge in [-0.25, -0.2) is 8.42 Å². The van der Waals surface area contributed by atoms with Gasteiger partial charge in [0.2, 0.25) is 0 Å². The van der Waals surface area contributed by atoms with Crippen molar-refractivity contribution in [1.82, 2.24) is 0 Å². The first-order valence-corrected chi connectivity index (χ1v) is 14.1. The molecule has 184 valence electrons. The monoisotopic (exact) mass is 630 g/mol. The van der Waals surface area contributed by atoms with Gasteiger partial charge in [-0.1, -0.05) is 53.6 Å². The van der Waals surface area contributed by atoms with Gasteiger partial charge in [0, 0.05) is 14.3 Å². The Kier molecular flexibility index (Phi) is 8.02. The summed E-state index contributed by atoms with van der Waals surface area (Å²) in [6.45, 7) is 3.84. The highest BCUT2D eigenvalue weighted by Crippen LogP contribution is 2.30. The largest absolute Gasteiger partial charge is 0.322 e. The summed E-state index contributed by atoms with van der Waals surface area (Å²) in [5.41, 5.74) is 3.80. The molecule has 0 atom stereocenters. The van der Waals surface area contributed by atoms with Crippen molar-refractivity contribution in [2.24, 2.45) is 0 Å². The molecule has 0 fully saturated rings. The van der Waals surface area contributed by atoms with Crippen LogP contribution in [0.5, 0.6) is 0 Å². The number of nitrogens with one attached hydrogen (secondary N) is 1. The van der Waals surface area contributed by atoms with Gasteiger partial charge in [-0.2, -0.15) is 0 Å². The zero-order chi connectivity index (χ0) is 25.9. The summed E-state index contributed by atoms with van der Waals surface area (Å²) in [5, 5.41) is 3.49. The average Bonchev–Trinajstić information content (AvgIpc) is 2.85. The van der Waals surface area contributed by atoms with Crippen LogP contribution in [0.4, 0.5) is 11.4 Å². The van der Waals surface area contributed by atoms with Crippen molar-refractivity contribution in [2.75, 3.05) is 9.62 Å². The van der Waals surface area contributed by atoms with E-state index in [9.17, 15) is 13.2 Å². The molecule has 36 heavy (non-hydrogen) atoms. The number of halogens is 2. The minimum atomic E-state index is -4.00. The SMILES string of the molecule is Cc1ccc(S(=O)(=O)N(Cc2ccc(Cl)cc2)c2ccccc2C(=O)Nc2ccc(I)cc2C)cc1. The van der Waals surface area contributed by atoms with Gasteiger partial charge >= 0.3 is 0 Å². The second kappa shape index (κ2) is 11.0. The van der Waals surface area contributed by atoms with Crippen molar-refractivity contribution < 1.29 is 13.2 Å². The van der Waals surface area contributed by atoms with Gasteiger partial charge in [-0.3, -0.25) is 9.10 Å². The minimum Gasteiger partial charge on any atom is -0.322 e. The van der Waals surface area contributed by atoms with Crippen LogP contribution in [0.3, 0.4) is 0 Å². The summed E-state index contributed by atoms with van der Waals surface area (Å²) in [4.78, 5) is 13.6. The van der Waals surface area contributed by atoms with Crippen LogP contribution in [0.15, 0.2) is 95.9 Å². The number of hydrogen-bond acceptors (Lipinski definition) is 3. The third-order valence-corrected chi connectivity index (χ3v) is 8.40. The molecule has 1 amide bonds. The van der Waals surface area contributed by atoms with Crippen molar-refractivity contribution in [1.29, 1.82) is 0 Å². The minimum absolute atomic E-state index is 0.0280. The van der Waals surface area contributed by atoms with E-state index in [1.165, 1.54) is 4.31 Å². The van der Waals surface area contributed by atoms with Crippen LogP contribution >= 0.6 is 34.2 Å². The number of para-hydroxylation sites is 1. The zero-order valence-electron chi connectivity index (χ0n) is 19.7. The number of hydrogen-bond donors (Lipinski definition) is 1. The number of aryl methyl sites for hydroxylation is 2. The molecule has 0 unspecified atom stereocenters. The molecule has 0 aliphatic rings. The molecule has 1 N–H and O–H groups in total. The lowest BCUT2D eigenvalue weighted by Crippen LogP contribution is -2.32. The first kappa shape index (κ1) is 26.2. The summed E-state index contributed by atoms with van der Waals surface area (Å²) < 4.78 is 30.1. The molecule has 4 rings (SSSR count). The number of amides is 1. The van der Waals surface area contributed by atoms with Crippen LogP contribution in [-0.2, 0) is 16.6 Å². The molecular formula is C28H24ClIN2O3S. The van der Waals surface area contributed by atoms with E-state index >= 15 is 0 Å². The fourth-order valence-corrected chi connectivity index (χ4v) is 5.98. The Morgan fingerprint density at radius 2 is 1.58 bits per heavy atom. The Hall–Kier alpha value is -2.88. The normalized spacial score (nSPS) is 11.2. The van der Waals surface area contributed by atoms with Crippen molar-refractivity contribution in [3.63, 3.8) is 0 Å². The molecule has 0 aliphatic heterocycles. The number of carbonyl (C=O) groups is 1. The molecule has 5 nitrogen and oxygen atoms in total. The maximum absolute atomic E-state index is 13.9. The molecule has 0 heterocycles. The molecule has 0 bridgehead atoms. The van der Waals surface area contributed by atoms with Gasteiger partial charge in [0.1, 0.15) is 0 Å². The Morgan fingerprint density at radius 3 is 2.25 bits per heavy atom. The van der Waals surface area contributed by atoms with Crippen molar-refractivity contribution in [2.45, 2.75) is 25.3 Å². The van der Waals surface area contributed by atoms with Gasteiger partial charge in [0.15, 0.2) is 0 Å². The summed E-state index contributed by atoms with van der Waals surface area (Å²) in [6, 6.07) is 26.1. The van der Waals surface area contributed by atoms with Gasteiger partial charge in [0.25, 0.3) is 15.9 Å². The number of carbonyl (C=O) groups excluding carboxylic acids is 1. The van der Waals surface area contributed by atoms with E-state index in [1.807, 2.05) is 32.0 Å². The Bertz CT molecular complexity index is 1510. The van der Waals surface area contributed by atoms with Crippen LogP contribution in [0.1, 0.15) is 27.0 Å². The molecule has 0 saturated carbocycles. The molecule has 4 aromatic rings. The third kappa shape index (κ3) is 5.91. The molecular weight excluding hydrogens is 607 g/mol. The van der Waals surface area contributed by atoms with Crippen molar-refractivity contribution >= 4 is 61.5 Å². The van der Waals surface area contributed by atoms with E-state index in [2.05, 4.69) is 27.9 Å². The summed E-state index contributed by atoms with van der Waals surface area (Å²) in [6.07, 6.45) is 0. The molecule has 0 aromatic heterocycles. The lowest BCUT2D eigenvalue weighted by Gasteiger charge is -2.27. The van der Waals surface area contributed by atoms with E-state index in [0.29, 0.717) is 10.7 Å². The van der Waals surface area contributed by atoms with Gasteiger partial charge in [-0.15, -0.1) is 0 Å². The fraction of sp³-hybridized carbons (Fsp3) is 0.107. The lowest BCUT2D eigenvalue weighted by molar-refractivity contribution is 0.102. The third-order valence-electron chi connectivity index (χ3n) is 5.70. The van der Waals surface area contributed by atoms with Crippen LogP contribution < -0.4 is 9.62 Å². The van der Waals surface area contributed by atoms with E-state index < -0.39 is 15.9 Å². The summed E-state index contributed by atoms with van der Waals surface area (Å²) >= 11 is 8.26. The second-order valence-electron chi connectivity index (χ2n) is 8.38. The zero-order valence-corrected chi connectivity index (χ0v) is 23.4. The predicted octanol–water partition coefficient (Wildman–Crippen LogP) is 7.21. The van der Waals surface area contributed by atoms with Gasteiger partial charge in [0.05, 0.1) is 22.7 Å². The Morgan fingerprint density at radius 1 is 0.917 bits per heavy atom. The van der Waals surface area contributed by atoms with Crippen molar-refractivity contribution in [3.05, 3.63) is 122 Å². The molecule has 0 spiro atoms. The summed E-state index contributed by atoms with van der Waals surface area (Å²) in [5.74, 6) is -0.393. The molecule has 0 saturated heterocycles. The molecule has 4 aromatic carbocycles. The number of anilines is 2. The average molecular weight is 631 g/mol. The Balaban J connectivity index is 1.79. The number of benzene rings is 4. The molecule has 0 radical (unpaired) electrons.